The van der Waals surface area contributed by atoms with E-state index in [9.17, 15) is 14.4 Å². The van der Waals surface area contributed by atoms with Gasteiger partial charge in [0, 0.05) is 18.8 Å². The zero-order valence-corrected chi connectivity index (χ0v) is 33.4. The van der Waals surface area contributed by atoms with Gasteiger partial charge >= 0.3 is 5.97 Å². The second-order valence-electron chi connectivity index (χ2n) is 18.1. The van der Waals surface area contributed by atoms with E-state index in [0.29, 0.717) is 42.4 Å². The number of fused-ring (bicyclic) bond motifs is 5. The van der Waals surface area contributed by atoms with Gasteiger partial charge in [0.05, 0.1) is 39.6 Å². The molecule has 0 bridgehead atoms. The number of hydrogen-bond donors (Lipinski definition) is 1. The van der Waals surface area contributed by atoms with Gasteiger partial charge in [-0.3, -0.25) is 14.4 Å². The lowest BCUT2D eigenvalue weighted by atomic mass is 9.46. The number of amides is 1. The molecule has 7 atom stereocenters. The zero-order valence-electron chi connectivity index (χ0n) is 33.4. The Kier molecular flexibility index (Phi) is 15.9. The Hall–Kier alpha value is -1.69. The molecule has 0 heterocycles. The summed E-state index contributed by atoms with van der Waals surface area (Å²) in [5.74, 6) is 2.48. The number of rotatable bonds is 22. The molecule has 0 aromatic carbocycles. The van der Waals surface area contributed by atoms with Crippen LogP contribution < -0.4 is 5.32 Å². The van der Waals surface area contributed by atoms with E-state index >= 15 is 0 Å². The minimum atomic E-state index is -0.230. The van der Waals surface area contributed by atoms with Gasteiger partial charge < -0.3 is 14.5 Å². The maximum absolute atomic E-state index is 13.1. The highest BCUT2D eigenvalue weighted by Crippen LogP contribution is 2.67. The number of ketones is 1. The topological polar surface area (TPSA) is 72.5 Å². The molecule has 1 N–H and O–H groups in total. The number of quaternary nitrogens is 1. The van der Waals surface area contributed by atoms with Crippen molar-refractivity contribution >= 4 is 17.7 Å². The molecule has 0 radical (unpaired) electrons. The SMILES string of the molecule is CCCCCCCC[N+](C)(CCCCCCCC)CCNC(=O)CCC(=O)OC(C)[C@H]1CCC2C3CCC4=CC(=O)CC[C@]4(C)C3CC[C@@]21C. The van der Waals surface area contributed by atoms with Gasteiger partial charge in [-0.2, -0.15) is 0 Å². The molecular weight excluding hydrogens is 620 g/mol. The van der Waals surface area contributed by atoms with Crippen molar-refractivity contribution in [3.63, 3.8) is 0 Å². The number of unbranched alkanes of at least 4 members (excludes halogenated alkanes) is 10. The molecule has 3 fully saturated rings. The fourth-order valence-electron chi connectivity index (χ4n) is 11.4. The summed E-state index contributed by atoms with van der Waals surface area (Å²) in [6, 6.07) is 0. The third-order valence-corrected chi connectivity index (χ3v) is 14.6. The first-order valence-electron chi connectivity index (χ1n) is 21.5. The number of carbonyl (C=O) groups excluding carboxylic acids is 3. The van der Waals surface area contributed by atoms with Crippen molar-refractivity contribution < 1.29 is 23.6 Å². The normalized spacial score (nSPS) is 29.8. The number of esters is 1. The van der Waals surface area contributed by atoms with Crippen LogP contribution in [-0.2, 0) is 19.1 Å². The predicted molar refractivity (Wildman–Crippen MR) is 206 cm³/mol. The van der Waals surface area contributed by atoms with Gasteiger partial charge in [-0.1, -0.05) is 84.6 Å². The molecule has 6 nitrogen and oxygen atoms in total. The van der Waals surface area contributed by atoms with E-state index < -0.39 is 0 Å². The molecule has 286 valence electrons. The lowest BCUT2D eigenvalue weighted by Gasteiger charge is -2.58. The van der Waals surface area contributed by atoms with Crippen molar-refractivity contribution in [1.29, 1.82) is 0 Å². The van der Waals surface area contributed by atoms with Gasteiger partial charge in [-0.05, 0) is 112 Å². The van der Waals surface area contributed by atoms with Crippen LogP contribution in [0.15, 0.2) is 11.6 Å². The number of likely N-dealkylation sites (N-methyl/N-ethyl adjacent to an activating group) is 1. The van der Waals surface area contributed by atoms with Crippen molar-refractivity contribution in [2.45, 2.75) is 182 Å². The van der Waals surface area contributed by atoms with E-state index in [1.54, 1.807) is 0 Å². The molecule has 0 saturated heterocycles. The highest BCUT2D eigenvalue weighted by Gasteiger charge is 2.60. The summed E-state index contributed by atoms with van der Waals surface area (Å²) in [7, 11) is 2.38. The maximum atomic E-state index is 13.1. The van der Waals surface area contributed by atoms with Crippen LogP contribution in [-0.4, -0.2) is 61.5 Å². The number of nitrogens with zero attached hydrogens (tertiary/aromatic N) is 1. The molecule has 0 aromatic heterocycles. The van der Waals surface area contributed by atoms with E-state index in [1.807, 2.05) is 6.08 Å². The lowest BCUT2D eigenvalue weighted by molar-refractivity contribution is -0.908. The van der Waals surface area contributed by atoms with Crippen LogP contribution in [0.25, 0.3) is 0 Å². The third-order valence-electron chi connectivity index (χ3n) is 14.6. The molecular formula is C44H77N2O4+. The minimum absolute atomic E-state index is 0.0323. The zero-order chi connectivity index (χ0) is 36.2. The Bertz CT molecular complexity index is 1120. The van der Waals surface area contributed by atoms with Crippen LogP contribution in [0.1, 0.15) is 176 Å². The number of nitrogens with one attached hydrogen (secondary N) is 1. The van der Waals surface area contributed by atoms with Crippen molar-refractivity contribution in [2.75, 3.05) is 33.2 Å². The number of allylic oxidation sites excluding steroid dienone is 1. The molecule has 4 aliphatic carbocycles. The van der Waals surface area contributed by atoms with E-state index in [0.717, 1.165) is 30.3 Å². The Morgan fingerprint density at radius 1 is 0.820 bits per heavy atom. The summed E-state index contributed by atoms with van der Waals surface area (Å²) >= 11 is 0. The van der Waals surface area contributed by atoms with Crippen LogP contribution in [0, 0.1) is 34.5 Å². The largest absolute Gasteiger partial charge is 0.462 e. The van der Waals surface area contributed by atoms with Gasteiger partial charge in [0.2, 0.25) is 5.91 Å². The van der Waals surface area contributed by atoms with Crippen molar-refractivity contribution in [3.8, 4) is 0 Å². The lowest BCUT2D eigenvalue weighted by Crippen LogP contribution is -2.51. The van der Waals surface area contributed by atoms with Gasteiger partial charge in [0.25, 0.3) is 0 Å². The highest BCUT2D eigenvalue weighted by molar-refractivity contribution is 5.91. The molecule has 0 aromatic rings. The molecule has 1 amide bonds. The predicted octanol–water partition coefficient (Wildman–Crippen LogP) is 10.1. The molecule has 4 unspecified atom stereocenters. The Morgan fingerprint density at radius 2 is 1.46 bits per heavy atom. The Balaban J connectivity index is 1.19. The van der Waals surface area contributed by atoms with Crippen molar-refractivity contribution in [2.24, 2.45) is 34.5 Å². The summed E-state index contributed by atoms with van der Waals surface area (Å²) in [6.07, 6.45) is 26.7. The Morgan fingerprint density at radius 3 is 2.12 bits per heavy atom. The number of carbonyl (C=O) groups is 3. The second kappa shape index (κ2) is 19.4. The van der Waals surface area contributed by atoms with E-state index in [1.165, 1.54) is 121 Å². The molecule has 0 spiro atoms. The van der Waals surface area contributed by atoms with Crippen LogP contribution in [0.5, 0.6) is 0 Å². The van der Waals surface area contributed by atoms with Gasteiger partial charge in [-0.25, -0.2) is 0 Å². The average molecular weight is 698 g/mol. The quantitative estimate of drug-likeness (QED) is 0.0694. The van der Waals surface area contributed by atoms with Crippen LogP contribution in [0.3, 0.4) is 0 Å². The van der Waals surface area contributed by atoms with Gasteiger partial charge in [0.15, 0.2) is 5.78 Å². The fourth-order valence-corrected chi connectivity index (χ4v) is 11.4. The molecule has 6 heteroatoms. The molecule has 50 heavy (non-hydrogen) atoms. The molecule has 4 aliphatic rings. The van der Waals surface area contributed by atoms with Crippen LogP contribution in [0.4, 0.5) is 0 Å². The summed E-state index contributed by atoms with van der Waals surface area (Å²) in [5, 5.41) is 3.15. The minimum Gasteiger partial charge on any atom is -0.462 e. The first-order chi connectivity index (χ1) is 24.0. The summed E-state index contributed by atoms with van der Waals surface area (Å²) in [4.78, 5) is 38.1. The standard InChI is InChI=1S/C44H76N2O4/c1-7-9-11-13-15-17-30-46(6,31-18-16-14-12-10-8-2)32-29-45-41(48)23-24-42(49)50-34(3)38-21-22-39-37-20-19-35-33-36(47)25-27-43(35,4)40(37)26-28-44(38,39)5/h33-34,37-40H,7-32H2,1-6H3/p+1/t34?,37?,38-,39?,40?,43+,44-/m1/s1. The third kappa shape index (κ3) is 10.7. The van der Waals surface area contributed by atoms with E-state index in [2.05, 4.69) is 47.0 Å². The molecule has 3 saturated carbocycles. The smallest absolute Gasteiger partial charge is 0.306 e. The monoisotopic (exact) mass is 698 g/mol. The summed E-state index contributed by atoms with van der Waals surface area (Å²) in [5.41, 5.74) is 1.80. The Labute approximate surface area is 307 Å². The van der Waals surface area contributed by atoms with Crippen molar-refractivity contribution in [1.82, 2.24) is 5.32 Å². The van der Waals surface area contributed by atoms with Gasteiger partial charge in [0.1, 0.15) is 6.10 Å². The number of hydrogen-bond acceptors (Lipinski definition) is 4. The maximum Gasteiger partial charge on any atom is 0.306 e. The summed E-state index contributed by atoms with van der Waals surface area (Å²) < 4.78 is 7.13. The van der Waals surface area contributed by atoms with Gasteiger partial charge in [-0.15, -0.1) is 0 Å². The first-order valence-corrected chi connectivity index (χ1v) is 21.5. The van der Waals surface area contributed by atoms with E-state index in [4.69, 9.17) is 4.74 Å². The van der Waals surface area contributed by atoms with Crippen LogP contribution in [0.2, 0.25) is 0 Å². The van der Waals surface area contributed by atoms with E-state index in [-0.39, 0.29) is 41.7 Å². The summed E-state index contributed by atoms with van der Waals surface area (Å²) in [6.45, 7) is 15.6. The molecule has 4 rings (SSSR count). The average Bonchev–Trinajstić information content (AvgIpc) is 3.45. The first kappa shape index (κ1) is 41.1. The highest BCUT2D eigenvalue weighted by atomic mass is 16.5. The molecule has 0 aliphatic heterocycles. The fraction of sp³-hybridized carbons (Fsp3) is 0.886. The van der Waals surface area contributed by atoms with Crippen LogP contribution >= 0.6 is 0 Å². The second-order valence-corrected chi connectivity index (χ2v) is 18.1. The number of ether oxygens (including phenoxy) is 1. The van der Waals surface area contributed by atoms with Crippen molar-refractivity contribution in [3.05, 3.63) is 11.6 Å².